The molecule has 0 saturated carbocycles. The number of nitrogens with one attached hydrogen (secondary N) is 1. The predicted molar refractivity (Wildman–Crippen MR) is 56.1 cm³/mol. The van der Waals surface area contributed by atoms with Gasteiger partial charge in [0.2, 0.25) is 5.91 Å². The lowest BCUT2D eigenvalue weighted by Gasteiger charge is -2.02. The largest absolute Gasteiger partial charge is 0.349 e. The second-order valence-corrected chi connectivity index (χ2v) is 3.22. The molecular formula is C10H16N2O3. The molecule has 0 saturated heterocycles. The summed E-state index contributed by atoms with van der Waals surface area (Å²) in [5.74, 6) is -0.712. The molecule has 3 N–H and O–H groups in total. The normalized spacial score (nSPS) is 9.47. The maximum atomic E-state index is 11.1. The lowest BCUT2D eigenvalue weighted by molar-refractivity contribution is -0.126. The van der Waals surface area contributed by atoms with Crippen molar-refractivity contribution in [3.63, 3.8) is 0 Å². The molecule has 0 aliphatic rings. The highest BCUT2D eigenvalue weighted by Gasteiger charge is 2.08. The molecule has 0 aliphatic heterocycles. The summed E-state index contributed by atoms with van der Waals surface area (Å²) in [4.78, 5) is 32.9. The average Bonchev–Trinajstić information content (AvgIpc) is 2.21. The molecule has 0 aromatic heterocycles. The van der Waals surface area contributed by atoms with E-state index in [1.54, 1.807) is 6.92 Å². The van der Waals surface area contributed by atoms with E-state index in [0.29, 0.717) is 5.57 Å². The van der Waals surface area contributed by atoms with Gasteiger partial charge in [-0.15, -0.1) is 0 Å². The first-order chi connectivity index (χ1) is 6.97. The zero-order valence-corrected chi connectivity index (χ0v) is 8.84. The first kappa shape index (κ1) is 13.5. The summed E-state index contributed by atoms with van der Waals surface area (Å²) in [7, 11) is 0. The molecule has 0 heterocycles. The highest BCUT2D eigenvalue weighted by Crippen LogP contribution is 1.98. The van der Waals surface area contributed by atoms with E-state index in [4.69, 9.17) is 5.73 Å². The van der Waals surface area contributed by atoms with Gasteiger partial charge >= 0.3 is 0 Å². The van der Waals surface area contributed by atoms with Crippen molar-refractivity contribution in [2.24, 2.45) is 5.73 Å². The number of allylic oxidation sites excluding steroid dienone is 1. The van der Waals surface area contributed by atoms with Crippen molar-refractivity contribution in [2.45, 2.75) is 19.8 Å². The van der Waals surface area contributed by atoms with Gasteiger partial charge in [-0.3, -0.25) is 14.4 Å². The monoisotopic (exact) mass is 212 g/mol. The number of carbonyl (C=O) groups is 3. The Labute approximate surface area is 88.7 Å². The van der Waals surface area contributed by atoms with Gasteiger partial charge in [0.25, 0.3) is 0 Å². The van der Waals surface area contributed by atoms with Crippen LogP contribution in [0.25, 0.3) is 0 Å². The van der Waals surface area contributed by atoms with Crippen LogP contribution in [0.1, 0.15) is 19.8 Å². The Morgan fingerprint density at radius 2 is 1.87 bits per heavy atom. The number of nitrogens with two attached hydrogens (primary N) is 1. The molecular weight excluding hydrogens is 196 g/mol. The number of ketones is 2. The molecule has 5 nitrogen and oxygen atoms in total. The first-order valence-corrected chi connectivity index (χ1v) is 4.64. The van der Waals surface area contributed by atoms with Crippen LogP contribution in [-0.2, 0) is 14.4 Å². The summed E-state index contributed by atoms with van der Waals surface area (Å²) in [6.07, 6.45) is 0.196. The Bertz CT molecular complexity index is 284. The fourth-order valence-corrected chi connectivity index (χ4v) is 0.798. The third-order valence-electron chi connectivity index (χ3n) is 1.77. The van der Waals surface area contributed by atoms with E-state index in [0.717, 1.165) is 0 Å². The molecule has 84 valence electrons. The number of carbonyl (C=O) groups excluding carboxylic acids is 3. The van der Waals surface area contributed by atoms with Gasteiger partial charge in [0.05, 0.1) is 13.1 Å². The lowest BCUT2D eigenvalue weighted by atomic mass is 10.1. The molecule has 5 heteroatoms. The molecule has 0 rings (SSSR count). The summed E-state index contributed by atoms with van der Waals surface area (Å²) in [5.41, 5.74) is 5.48. The minimum atomic E-state index is -0.327. The van der Waals surface area contributed by atoms with E-state index in [-0.39, 0.29) is 43.4 Å². The van der Waals surface area contributed by atoms with Crippen LogP contribution < -0.4 is 11.1 Å². The minimum absolute atomic E-state index is 0.0728. The second kappa shape index (κ2) is 6.89. The van der Waals surface area contributed by atoms with E-state index in [1.165, 1.54) is 0 Å². The standard InChI is InChI=1S/C10H16N2O3/c1-7(2)9(14)3-4-10(15)12-6-8(13)5-11/h1,3-6,11H2,2H3,(H,12,15). The number of rotatable bonds is 7. The summed E-state index contributed by atoms with van der Waals surface area (Å²) in [6, 6.07) is 0. The third-order valence-corrected chi connectivity index (χ3v) is 1.77. The molecule has 0 spiro atoms. The van der Waals surface area contributed by atoms with Gasteiger partial charge in [0.1, 0.15) is 0 Å². The van der Waals surface area contributed by atoms with Crippen LogP contribution in [0.5, 0.6) is 0 Å². The van der Waals surface area contributed by atoms with E-state index >= 15 is 0 Å². The predicted octanol–water partition coefficient (Wildman–Crippen LogP) is -0.444. The average molecular weight is 212 g/mol. The molecule has 0 aromatic rings. The van der Waals surface area contributed by atoms with Crippen LogP contribution in [0.15, 0.2) is 12.2 Å². The van der Waals surface area contributed by atoms with Crippen molar-refractivity contribution < 1.29 is 14.4 Å². The fraction of sp³-hybridized carbons (Fsp3) is 0.500. The topological polar surface area (TPSA) is 89.3 Å². The van der Waals surface area contributed by atoms with Crippen LogP contribution in [0.4, 0.5) is 0 Å². The van der Waals surface area contributed by atoms with E-state index in [1.807, 2.05) is 0 Å². The molecule has 0 bridgehead atoms. The maximum Gasteiger partial charge on any atom is 0.220 e. The highest BCUT2D eigenvalue weighted by atomic mass is 16.2. The van der Waals surface area contributed by atoms with Gasteiger partial charge in [-0.05, 0) is 12.5 Å². The molecule has 0 fully saturated rings. The molecule has 1 amide bonds. The highest BCUT2D eigenvalue weighted by molar-refractivity contribution is 5.96. The number of Topliss-reactive ketones (excluding diaryl/α,β-unsaturated/α-hetero) is 2. The van der Waals surface area contributed by atoms with Crippen molar-refractivity contribution in [3.05, 3.63) is 12.2 Å². The Kier molecular flexibility index (Phi) is 6.21. The Morgan fingerprint density at radius 1 is 1.27 bits per heavy atom. The fourth-order valence-electron chi connectivity index (χ4n) is 0.798. The summed E-state index contributed by atoms with van der Waals surface area (Å²) in [6.45, 7) is 4.90. The number of hydrogen-bond donors (Lipinski definition) is 2. The van der Waals surface area contributed by atoms with Gasteiger partial charge < -0.3 is 11.1 Å². The van der Waals surface area contributed by atoms with E-state index in [2.05, 4.69) is 11.9 Å². The molecule has 0 aliphatic carbocycles. The van der Waals surface area contributed by atoms with Crippen LogP contribution in [0.2, 0.25) is 0 Å². The van der Waals surface area contributed by atoms with Crippen LogP contribution in [0.3, 0.4) is 0 Å². The summed E-state index contributed by atoms with van der Waals surface area (Å²) < 4.78 is 0. The zero-order chi connectivity index (χ0) is 11.8. The summed E-state index contributed by atoms with van der Waals surface area (Å²) in [5, 5.41) is 2.38. The molecule has 0 atom stereocenters. The van der Waals surface area contributed by atoms with E-state index < -0.39 is 0 Å². The van der Waals surface area contributed by atoms with Crippen LogP contribution in [-0.4, -0.2) is 30.6 Å². The van der Waals surface area contributed by atoms with Gasteiger partial charge in [-0.1, -0.05) is 6.58 Å². The zero-order valence-electron chi connectivity index (χ0n) is 8.84. The minimum Gasteiger partial charge on any atom is -0.349 e. The molecule has 0 radical (unpaired) electrons. The Hall–Kier alpha value is -1.49. The first-order valence-electron chi connectivity index (χ1n) is 4.64. The third kappa shape index (κ3) is 6.56. The Balaban J connectivity index is 3.71. The second-order valence-electron chi connectivity index (χ2n) is 3.22. The van der Waals surface area contributed by atoms with Crippen LogP contribution in [0, 0.1) is 0 Å². The Morgan fingerprint density at radius 3 is 2.33 bits per heavy atom. The smallest absolute Gasteiger partial charge is 0.220 e. The van der Waals surface area contributed by atoms with Crippen molar-refractivity contribution >= 4 is 17.5 Å². The molecule has 15 heavy (non-hydrogen) atoms. The van der Waals surface area contributed by atoms with Gasteiger partial charge in [0, 0.05) is 12.8 Å². The number of hydrogen-bond acceptors (Lipinski definition) is 4. The van der Waals surface area contributed by atoms with Gasteiger partial charge in [-0.2, -0.15) is 0 Å². The SMILES string of the molecule is C=C(C)C(=O)CCC(=O)NCC(=O)CN. The van der Waals surface area contributed by atoms with Gasteiger partial charge in [0.15, 0.2) is 11.6 Å². The molecule has 0 unspecified atom stereocenters. The lowest BCUT2D eigenvalue weighted by Crippen LogP contribution is -2.32. The summed E-state index contributed by atoms with van der Waals surface area (Å²) >= 11 is 0. The molecule has 0 aromatic carbocycles. The number of amides is 1. The van der Waals surface area contributed by atoms with Crippen molar-refractivity contribution in [2.75, 3.05) is 13.1 Å². The van der Waals surface area contributed by atoms with Crippen molar-refractivity contribution in [1.82, 2.24) is 5.32 Å². The van der Waals surface area contributed by atoms with Crippen LogP contribution >= 0.6 is 0 Å². The van der Waals surface area contributed by atoms with Crippen molar-refractivity contribution in [1.29, 1.82) is 0 Å². The van der Waals surface area contributed by atoms with Gasteiger partial charge in [-0.25, -0.2) is 0 Å². The van der Waals surface area contributed by atoms with Crippen molar-refractivity contribution in [3.8, 4) is 0 Å². The maximum absolute atomic E-state index is 11.1. The quantitative estimate of drug-likeness (QED) is 0.560. The van der Waals surface area contributed by atoms with E-state index in [9.17, 15) is 14.4 Å².